The number of hydrogen-bond acceptors (Lipinski definition) is 2. The van der Waals surface area contributed by atoms with E-state index >= 15 is 0 Å². The number of hydrogen-bond donors (Lipinski definition) is 0. The van der Waals surface area contributed by atoms with E-state index in [2.05, 4.69) is 11.8 Å². The van der Waals surface area contributed by atoms with E-state index in [1.165, 1.54) is 62.0 Å². The van der Waals surface area contributed by atoms with Gasteiger partial charge in [-0.3, -0.25) is 0 Å². The van der Waals surface area contributed by atoms with Gasteiger partial charge in [-0.05, 0) is 67.9 Å². The lowest BCUT2D eigenvalue weighted by atomic mass is 10.0. The zero-order valence-electron chi connectivity index (χ0n) is 9.54. The van der Waals surface area contributed by atoms with Crippen LogP contribution in [0.5, 0.6) is 0 Å². The molecule has 0 aromatic rings. The Morgan fingerprint density at radius 2 is 2.13 bits per heavy atom. The predicted octanol–water partition coefficient (Wildman–Crippen LogP) is 3.99. The number of ether oxygens (including phenoxy) is 1. The third-order valence-electron chi connectivity index (χ3n) is 3.39. The molecule has 2 heteroatoms. The summed E-state index contributed by atoms with van der Waals surface area (Å²) in [7, 11) is 0. The maximum absolute atomic E-state index is 5.65. The lowest BCUT2D eigenvalue weighted by Crippen LogP contribution is -2.12. The molecule has 1 aliphatic heterocycles. The Morgan fingerprint density at radius 3 is 2.87 bits per heavy atom. The largest absolute Gasteiger partial charge is 0.501 e. The second kappa shape index (κ2) is 6.47. The lowest BCUT2D eigenvalue weighted by Gasteiger charge is -2.20. The van der Waals surface area contributed by atoms with Crippen molar-refractivity contribution in [3.05, 3.63) is 11.8 Å². The van der Waals surface area contributed by atoms with E-state index in [0.717, 1.165) is 12.5 Å². The quantitative estimate of drug-likeness (QED) is 0.529. The molecule has 2 aliphatic rings. The van der Waals surface area contributed by atoms with Crippen molar-refractivity contribution >= 4 is 11.8 Å². The van der Waals surface area contributed by atoms with Crippen LogP contribution in [0.25, 0.3) is 0 Å². The first-order valence-electron chi connectivity index (χ1n) is 6.32. The van der Waals surface area contributed by atoms with Crippen LogP contribution in [0.4, 0.5) is 0 Å². The molecule has 15 heavy (non-hydrogen) atoms. The Kier molecular flexibility index (Phi) is 4.91. The van der Waals surface area contributed by atoms with Crippen molar-refractivity contribution < 1.29 is 4.74 Å². The van der Waals surface area contributed by atoms with Crippen molar-refractivity contribution in [1.82, 2.24) is 0 Å². The van der Waals surface area contributed by atoms with Crippen LogP contribution >= 0.6 is 11.8 Å². The van der Waals surface area contributed by atoms with Gasteiger partial charge in [-0.1, -0.05) is 0 Å². The fraction of sp³-hybridized carbons (Fsp3) is 0.846. The summed E-state index contributed by atoms with van der Waals surface area (Å²) in [4.78, 5) is 0. The van der Waals surface area contributed by atoms with Crippen LogP contribution in [0.15, 0.2) is 11.8 Å². The molecule has 1 saturated heterocycles. The molecule has 1 heterocycles. The fourth-order valence-electron chi connectivity index (χ4n) is 2.39. The first kappa shape index (κ1) is 11.4. The second-order valence-electron chi connectivity index (χ2n) is 4.73. The van der Waals surface area contributed by atoms with Gasteiger partial charge < -0.3 is 4.74 Å². The Labute approximate surface area is 97.7 Å². The topological polar surface area (TPSA) is 9.23 Å². The van der Waals surface area contributed by atoms with Crippen molar-refractivity contribution in [2.45, 2.75) is 44.9 Å². The molecule has 0 aromatic carbocycles. The van der Waals surface area contributed by atoms with E-state index in [9.17, 15) is 0 Å². The Bertz CT molecular complexity index is 199. The summed E-state index contributed by atoms with van der Waals surface area (Å²) in [5.74, 6) is 3.66. The molecule has 0 bridgehead atoms. The highest BCUT2D eigenvalue weighted by Gasteiger charge is 2.13. The molecule has 86 valence electrons. The molecule has 0 spiro atoms. The van der Waals surface area contributed by atoms with E-state index in [1.807, 2.05) is 6.26 Å². The summed E-state index contributed by atoms with van der Waals surface area (Å²) < 4.78 is 5.65. The number of thioether (sulfide) groups is 1. The van der Waals surface area contributed by atoms with Gasteiger partial charge in [-0.2, -0.15) is 11.8 Å². The molecular weight excluding hydrogens is 204 g/mol. The molecule has 1 nitrogen and oxygen atoms in total. The lowest BCUT2D eigenvalue weighted by molar-refractivity contribution is 0.219. The SMILES string of the molecule is C(OCCC1CCCSC1)=C1CCCC1. The van der Waals surface area contributed by atoms with Gasteiger partial charge in [-0.25, -0.2) is 0 Å². The molecule has 0 radical (unpaired) electrons. The third-order valence-corrected chi connectivity index (χ3v) is 4.68. The van der Waals surface area contributed by atoms with Gasteiger partial charge in [0.25, 0.3) is 0 Å². The van der Waals surface area contributed by atoms with E-state index in [4.69, 9.17) is 4.74 Å². The fourth-order valence-corrected chi connectivity index (χ4v) is 3.60. The summed E-state index contributed by atoms with van der Waals surface area (Å²) in [5.41, 5.74) is 1.54. The first-order chi connectivity index (χ1) is 7.45. The smallest absolute Gasteiger partial charge is 0.0876 e. The molecule has 1 saturated carbocycles. The summed E-state index contributed by atoms with van der Waals surface area (Å²) in [5, 5.41) is 0. The number of allylic oxidation sites excluding steroid dienone is 1. The van der Waals surface area contributed by atoms with Crippen LogP contribution in [-0.2, 0) is 4.74 Å². The van der Waals surface area contributed by atoms with Crippen LogP contribution in [0, 0.1) is 5.92 Å². The molecule has 0 aromatic heterocycles. The summed E-state index contributed by atoms with van der Waals surface area (Å²) >= 11 is 2.12. The first-order valence-corrected chi connectivity index (χ1v) is 7.48. The normalized spacial score (nSPS) is 26.7. The van der Waals surface area contributed by atoms with Crippen molar-refractivity contribution in [2.75, 3.05) is 18.1 Å². The van der Waals surface area contributed by atoms with Gasteiger partial charge in [0.2, 0.25) is 0 Å². The average Bonchev–Trinajstić information content (AvgIpc) is 2.79. The van der Waals surface area contributed by atoms with Crippen LogP contribution < -0.4 is 0 Å². The van der Waals surface area contributed by atoms with E-state index in [1.54, 1.807) is 0 Å². The van der Waals surface area contributed by atoms with Crippen molar-refractivity contribution in [2.24, 2.45) is 5.92 Å². The standard InChI is InChI=1S/C13H22OS/c1-2-5-12(4-1)10-14-8-7-13-6-3-9-15-11-13/h10,13H,1-9,11H2. The second-order valence-corrected chi connectivity index (χ2v) is 5.88. The van der Waals surface area contributed by atoms with Crippen LogP contribution in [0.3, 0.4) is 0 Å². The van der Waals surface area contributed by atoms with Gasteiger partial charge in [0.15, 0.2) is 0 Å². The monoisotopic (exact) mass is 226 g/mol. The van der Waals surface area contributed by atoms with E-state index in [0.29, 0.717) is 0 Å². The molecule has 0 amide bonds. The zero-order valence-corrected chi connectivity index (χ0v) is 10.4. The minimum absolute atomic E-state index is 0.922. The molecule has 1 unspecified atom stereocenters. The molecule has 0 N–H and O–H groups in total. The van der Waals surface area contributed by atoms with Crippen LogP contribution in [0.2, 0.25) is 0 Å². The van der Waals surface area contributed by atoms with Crippen LogP contribution in [0.1, 0.15) is 44.9 Å². The number of rotatable bonds is 4. The van der Waals surface area contributed by atoms with E-state index in [-0.39, 0.29) is 0 Å². The minimum Gasteiger partial charge on any atom is -0.501 e. The molecule has 2 rings (SSSR count). The maximum Gasteiger partial charge on any atom is 0.0876 e. The highest BCUT2D eigenvalue weighted by atomic mass is 32.2. The van der Waals surface area contributed by atoms with Gasteiger partial charge in [0.05, 0.1) is 12.9 Å². The Hall–Kier alpha value is -0.110. The molecule has 1 aliphatic carbocycles. The van der Waals surface area contributed by atoms with Gasteiger partial charge in [0.1, 0.15) is 0 Å². The summed E-state index contributed by atoms with van der Waals surface area (Å²) in [6.07, 6.45) is 11.4. The average molecular weight is 226 g/mol. The Balaban J connectivity index is 1.55. The van der Waals surface area contributed by atoms with Gasteiger partial charge in [-0.15, -0.1) is 0 Å². The minimum atomic E-state index is 0.922. The molecule has 1 atom stereocenters. The summed E-state index contributed by atoms with van der Waals surface area (Å²) in [6.45, 7) is 0.939. The van der Waals surface area contributed by atoms with Crippen molar-refractivity contribution in [3.63, 3.8) is 0 Å². The predicted molar refractivity (Wildman–Crippen MR) is 67.2 cm³/mol. The highest BCUT2D eigenvalue weighted by molar-refractivity contribution is 7.99. The highest BCUT2D eigenvalue weighted by Crippen LogP contribution is 2.26. The maximum atomic E-state index is 5.65. The van der Waals surface area contributed by atoms with Gasteiger partial charge in [0, 0.05) is 0 Å². The van der Waals surface area contributed by atoms with E-state index < -0.39 is 0 Å². The zero-order chi connectivity index (χ0) is 10.3. The third kappa shape index (κ3) is 4.10. The summed E-state index contributed by atoms with van der Waals surface area (Å²) in [6, 6.07) is 0. The van der Waals surface area contributed by atoms with Crippen molar-refractivity contribution in [3.8, 4) is 0 Å². The van der Waals surface area contributed by atoms with Crippen molar-refractivity contribution in [1.29, 1.82) is 0 Å². The molecular formula is C13H22OS. The van der Waals surface area contributed by atoms with Gasteiger partial charge >= 0.3 is 0 Å². The van der Waals surface area contributed by atoms with Crippen LogP contribution in [-0.4, -0.2) is 18.1 Å². The Morgan fingerprint density at radius 1 is 1.27 bits per heavy atom. The molecule has 2 fully saturated rings.